The molecule has 0 saturated carbocycles. The molecule has 0 aliphatic rings. The molecule has 0 fully saturated rings. The third-order valence-corrected chi connectivity index (χ3v) is 6.49. The molecule has 4 aromatic rings. The summed E-state index contributed by atoms with van der Waals surface area (Å²) in [6, 6.07) is 10.9. The molecule has 0 spiro atoms. The van der Waals surface area contributed by atoms with Gasteiger partial charge in [0.25, 0.3) is 5.56 Å². The Bertz CT molecular complexity index is 1240. The Hall–Kier alpha value is -2.50. The number of nitrogens with zero attached hydrogens (tertiary/aromatic N) is 2. The van der Waals surface area contributed by atoms with E-state index in [1.807, 2.05) is 12.3 Å². The predicted molar refractivity (Wildman–Crippen MR) is 124 cm³/mol. The number of rotatable bonds is 5. The molecule has 3 aromatic heterocycles. The third-order valence-electron chi connectivity index (χ3n) is 5.57. The number of nitrogens with one attached hydrogen (secondary N) is 1. The number of aromatic amines is 1. The maximum absolute atomic E-state index is 12.5. The molecule has 3 heterocycles. The van der Waals surface area contributed by atoms with Crippen LogP contribution in [-0.2, 0) is 6.42 Å². The van der Waals surface area contributed by atoms with Crippen LogP contribution in [0.4, 0.5) is 0 Å². The molecule has 0 radical (unpaired) electrons. The van der Waals surface area contributed by atoms with Gasteiger partial charge in [-0.15, -0.1) is 11.3 Å². The number of hydrogen-bond acceptors (Lipinski definition) is 4. The Balaban J connectivity index is 1.97. The highest BCUT2D eigenvalue weighted by atomic mass is 32.1. The zero-order chi connectivity index (χ0) is 20.7. The van der Waals surface area contributed by atoms with Crippen LogP contribution in [0.15, 0.2) is 40.5 Å². The van der Waals surface area contributed by atoms with Crippen LogP contribution in [0, 0.1) is 6.92 Å². The molecule has 0 aliphatic heterocycles. The Kier molecular flexibility index (Phi) is 5.28. The van der Waals surface area contributed by atoms with Crippen molar-refractivity contribution in [2.24, 2.45) is 0 Å². The molecular formula is C24H27N3OS. The second-order valence-electron chi connectivity index (χ2n) is 8.03. The highest BCUT2D eigenvalue weighted by Crippen LogP contribution is 2.37. The van der Waals surface area contributed by atoms with Gasteiger partial charge >= 0.3 is 0 Å². The molecule has 1 unspecified atom stereocenters. The lowest BCUT2D eigenvalue weighted by Gasteiger charge is -2.18. The standard InChI is InChI=1S/C24H27N3OS/c1-6-19-20(17-9-7-16(8-10-17)14(2)13-27(4)5)21-18-11-12-29-23(18)24(28)26-22(21)15(3)25-19/h7-12,14H,6,13H2,1-5H3,(H,26,28). The van der Waals surface area contributed by atoms with E-state index in [0.717, 1.165) is 56.5 Å². The number of hydrogen-bond donors (Lipinski definition) is 1. The van der Waals surface area contributed by atoms with Gasteiger partial charge in [-0.1, -0.05) is 38.1 Å². The molecular weight excluding hydrogens is 378 g/mol. The second kappa shape index (κ2) is 7.73. The van der Waals surface area contributed by atoms with Gasteiger partial charge < -0.3 is 9.88 Å². The number of H-pyrrole nitrogens is 1. The van der Waals surface area contributed by atoms with Gasteiger partial charge in [0.05, 0.1) is 11.2 Å². The first-order valence-electron chi connectivity index (χ1n) is 10.1. The molecule has 4 nitrogen and oxygen atoms in total. The van der Waals surface area contributed by atoms with Gasteiger partial charge in [-0.25, -0.2) is 0 Å². The molecule has 5 heteroatoms. The molecule has 1 N–H and O–H groups in total. The molecule has 1 aromatic carbocycles. The monoisotopic (exact) mass is 405 g/mol. The van der Waals surface area contributed by atoms with E-state index >= 15 is 0 Å². The number of aryl methyl sites for hydroxylation is 2. The lowest BCUT2D eigenvalue weighted by atomic mass is 9.92. The van der Waals surface area contributed by atoms with Gasteiger partial charge in [0, 0.05) is 28.6 Å². The summed E-state index contributed by atoms with van der Waals surface area (Å²) in [5.74, 6) is 0.470. The van der Waals surface area contributed by atoms with Crippen molar-refractivity contribution in [1.82, 2.24) is 14.9 Å². The third kappa shape index (κ3) is 3.49. The van der Waals surface area contributed by atoms with Crippen LogP contribution in [0.1, 0.15) is 36.7 Å². The van der Waals surface area contributed by atoms with Crippen molar-refractivity contribution in [3.05, 3.63) is 63.0 Å². The van der Waals surface area contributed by atoms with E-state index in [1.165, 1.54) is 16.9 Å². The lowest BCUT2D eigenvalue weighted by molar-refractivity contribution is 0.383. The van der Waals surface area contributed by atoms with E-state index in [2.05, 4.69) is 68.2 Å². The van der Waals surface area contributed by atoms with Crippen molar-refractivity contribution >= 4 is 32.3 Å². The maximum atomic E-state index is 12.5. The first-order chi connectivity index (χ1) is 13.9. The Morgan fingerprint density at radius 2 is 1.90 bits per heavy atom. The molecule has 150 valence electrons. The number of aromatic nitrogens is 2. The molecule has 29 heavy (non-hydrogen) atoms. The molecule has 0 aliphatic carbocycles. The van der Waals surface area contributed by atoms with Crippen LogP contribution in [-0.4, -0.2) is 35.5 Å². The topological polar surface area (TPSA) is 49.0 Å². The van der Waals surface area contributed by atoms with Gasteiger partial charge in [0.2, 0.25) is 0 Å². The van der Waals surface area contributed by atoms with E-state index in [-0.39, 0.29) is 5.56 Å². The van der Waals surface area contributed by atoms with Crippen molar-refractivity contribution in [3.63, 3.8) is 0 Å². The minimum absolute atomic E-state index is 0.0320. The van der Waals surface area contributed by atoms with Gasteiger partial charge in [-0.05, 0) is 55.9 Å². The fourth-order valence-electron chi connectivity index (χ4n) is 4.24. The van der Waals surface area contributed by atoms with Crippen molar-refractivity contribution in [1.29, 1.82) is 0 Å². The SMILES string of the molecule is CCc1nc(C)c2[nH]c(=O)c3sccc3c2c1-c1ccc(C(C)CN(C)C)cc1. The van der Waals surface area contributed by atoms with Gasteiger partial charge in [-0.3, -0.25) is 9.78 Å². The predicted octanol–water partition coefficient (Wildman–Crippen LogP) is 5.34. The van der Waals surface area contributed by atoms with Crippen molar-refractivity contribution in [3.8, 4) is 11.1 Å². The molecule has 4 rings (SSSR count). The minimum atomic E-state index is -0.0320. The smallest absolute Gasteiger partial charge is 0.266 e. The van der Waals surface area contributed by atoms with Gasteiger partial charge in [0.15, 0.2) is 0 Å². The normalized spacial score (nSPS) is 12.9. The molecule has 1 atom stereocenters. The summed E-state index contributed by atoms with van der Waals surface area (Å²) in [6.07, 6.45) is 0.843. The summed E-state index contributed by atoms with van der Waals surface area (Å²) in [7, 11) is 4.21. The summed E-state index contributed by atoms with van der Waals surface area (Å²) < 4.78 is 0.780. The van der Waals surface area contributed by atoms with Crippen molar-refractivity contribution < 1.29 is 0 Å². The molecule has 0 bridgehead atoms. The summed E-state index contributed by atoms with van der Waals surface area (Å²) in [4.78, 5) is 22.7. The maximum Gasteiger partial charge on any atom is 0.266 e. The van der Waals surface area contributed by atoms with Gasteiger partial charge in [0.1, 0.15) is 4.70 Å². The Labute approximate surface area is 175 Å². The van der Waals surface area contributed by atoms with Gasteiger partial charge in [-0.2, -0.15) is 0 Å². The number of likely N-dealkylation sites (N-methyl/N-ethyl adjacent to an activating group) is 1. The fourth-order valence-corrected chi connectivity index (χ4v) is 5.03. The minimum Gasteiger partial charge on any atom is -0.319 e. The van der Waals surface area contributed by atoms with Crippen LogP contribution < -0.4 is 5.56 Å². The van der Waals surface area contributed by atoms with E-state index in [0.29, 0.717) is 5.92 Å². The largest absolute Gasteiger partial charge is 0.319 e. The van der Waals surface area contributed by atoms with Crippen LogP contribution in [0.25, 0.3) is 32.1 Å². The average molecular weight is 406 g/mol. The fraction of sp³-hybridized carbons (Fsp3) is 0.333. The molecule has 0 amide bonds. The van der Waals surface area contributed by atoms with E-state index in [4.69, 9.17) is 4.98 Å². The zero-order valence-corrected chi connectivity index (χ0v) is 18.5. The van der Waals surface area contributed by atoms with Crippen molar-refractivity contribution in [2.75, 3.05) is 20.6 Å². The number of pyridine rings is 2. The van der Waals surface area contributed by atoms with Crippen molar-refractivity contribution in [2.45, 2.75) is 33.1 Å². The number of thiophene rings is 1. The van der Waals surface area contributed by atoms with Crippen LogP contribution in [0.5, 0.6) is 0 Å². The second-order valence-corrected chi connectivity index (χ2v) is 8.94. The Morgan fingerprint density at radius 1 is 1.17 bits per heavy atom. The quantitative estimate of drug-likeness (QED) is 0.487. The highest BCUT2D eigenvalue weighted by molar-refractivity contribution is 7.17. The molecule has 0 saturated heterocycles. The summed E-state index contributed by atoms with van der Waals surface area (Å²) >= 11 is 1.50. The Morgan fingerprint density at radius 3 is 2.55 bits per heavy atom. The first-order valence-corrected chi connectivity index (χ1v) is 11.0. The number of fused-ring (bicyclic) bond motifs is 3. The summed E-state index contributed by atoms with van der Waals surface area (Å²) in [5.41, 5.74) is 6.39. The lowest BCUT2D eigenvalue weighted by Crippen LogP contribution is -2.18. The van der Waals surface area contributed by atoms with E-state index in [1.54, 1.807) is 0 Å². The highest BCUT2D eigenvalue weighted by Gasteiger charge is 2.18. The summed E-state index contributed by atoms with van der Waals surface area (Å²) in [6.45, 7) is 7.40. The van der Waals surface area contributed by atoms with Crippen LogP contribution in [0.2, 0.25) is 0 Å². The van der Waals surface area contributed by atoms with E-state index in [9.17, 15) is 4.79 Å². The first kappa shape index (κ1) is 19.8. The van der Waals surface area contributed by atoms with Crippen LogP contribution >= 0.6 is 11.3 Å². The zero-order valence-electron chi connectivity index (χ0n) is 17.7. The average Bonchev–Trinajstić information content (AvgIpc) is 3.19. The summed E-state index contributed by atoms with van der Waals surface area (Å²) in [5, 5.41) is 4.13. The van der Waals surface area contributed by atoms with E-state index < -0.39 is 0 Å². The number of benzene rings is 1. The van der Waals surface area contributed by atoms with Crippen LogP contribution in [0.3, 0.4) is 0 Å².